The summed E-state index contributed by atoms with van der Waals surface area (Å²) >= 11 is 0. The van der Waals surface area contributed by atoms with Crippen LogP contribution in [0.25, 0.3) is 22.1 Å². The largest absolute Gasteiger partial charge is 0.368 e. The van der Waals surface area contributed by atoms with E-state index in [-0.39, 0.29) is 35.0 Å². The van der Waals surface area contributed by atoms with Gasteiger partial charge in [0.15, 0.2) is 11.6 Å². The Balaban J connectivity index is 0.000000261. The number of nitrogens with zero attached hydrogens (tertiary/aromatic N) is 6. The van der Waals surface area contributed by atoms with Crippen molar-refractivity contribution >= 4 is 57.2 Å². The van der Waals surface area contributed by atoms with Gasteiger partial charge in [0.05, 0.1) is 17.2 Å². The molecule has 0 saturated heterocycles. The third-order valence-electron chi connectivity index (χ3n) is 8.11. The fraction of sp³-hybridized carbons (Fsp3) is 0.543. The number of halogens is 1. The second-order valence-electron chi connectivity index (χ2n) is 12.7. The van der Waals surface area contributed by atoms with Crippen molar-refractivity contribution in [3.8, 4) is 0 Å². The number of nitrogens with two attached hydrogens (primary N) is 2. The van der Waals surface area contributed by atoms with Crippen LogP contribution in [-0.4, -0.2) is 53.1 Å². The first kappa shape index (κ1) is 37.9. The zero-order valence-corrected chi connectivity index (χ0v) is 29.0. The molecule has 2 atom stereocenters. The molecule has 48 heavy (non-hydrogen) atoms. The predicted molar refractivity (Wildman–Crippen MR) is 191 cm³/mol. The number of rotatable bonds is 18. The summed E-state index contributed by atoms with van der Waals surface area (Å²) in [6, 6.07) is 5.07. The summed E-state index contributed by atoms with van der Waals surface area (Å²) in [5.41, 5.74) is 13.6. The van der Waals surface area contributed by atoms with Crippen LogP contribution in [0.2, 0.25) is 0 Å². The number of aromatic nitrogens is 6. The Morgan fingerprint density at radius 2 is 1.50 bits per heavy atom. The molecule has 0 radical (unpaired) electrons. The molecule has 0 saturated carbocycles. The highest BCUT2D eigenvalue weighted by Crippen LogP contribution is 2.29. The first-order chi connectivity index (χ1) is 22.9. The Hall–Kier alpha value is -4.55. The van der Waals surface area contributed by atoms with Crippen LogP contribution in [0.3, 0.4) is 0 Å². The van der Waals surface area contributed by atoms with Crippen molar-refractivity contribution in [3.05, 3.63) is 36.4 Å². The molecule has 0 aliphatic rings. The summed E-state index contributed by atoms with van der Waals surface area (Å²) < 4.78 is 13.3. The zero-order chi connectivity index (χ0) is 35.1. The van der Waals surface area contributed by atoms with Crippen LogP contribution in [0.15, 0.2) is 30.6 Å². The normalized spacial score (nSPS) is 13.0. The summed E-state index contributed by atoms with van der Waals surface area (Å²) in [7, 11) is 0. The van der Waals surface area contributed by atoms with Gasteiger partial charge in [-0.1, -0.05) is 52.4 Å². The van der Waals surface area contributed by atoms with Gasteiger partial charge in [0.2, 0.25) is 11.9 Å². The lowest BCUT2D eigenvalue weighted by Crippen LogP contribution is -2.36. The third-order valence-corrected chi connectivity index (χ3v) is 8.11. The van der Waals surface area contributed by atoms with Gasteiger partial charge in [-0.3, -0.25) is 4.98 Å². The Morgan fingerprint density at radius 3 is 2.19 bits per heavy atom. The van der Waals surface area contributed by atoms with Gasteiger partial charge in [-0.15, -0.1) is 0 Å². The lowest BCUT2D eigenvalue weighted by molar-refractivity contribution is -0.118. The van der Waals surface area contributed by atoms with E-state index in [1.54, 1.807) is 20.0 Å². The van der Waals surface area contributed by atoms with E-state index in [4.69, 9.17) is 11.5 Å². The molecular weight excluding hydrogens is 611 g/mol. The number of Topliss-reactive ketones (excluding diaryl/α,β-unsaturated/α-hetero) is 2. The van der Waals surface area contributed by atoms with Gasteiger partial charge in [0, 0.05) is 36.7 Å². The van der Waals surface area contributed by atoms with Crippen molar-refractivity contribution in [2.24, 2.45) is 0 Å². The van der Waals surface area contributed by atoms with Crippen molar-refractivity contribution in [1.29, 1.82) is 0 Å². The summed E-state index contributed by atoms with van der Waals surface area (Å²) in [6.45, 7) is 9.69. The van der Waals surface area contributed by atoms with Crippen LogP contribution >= 0.6 is 0 Å². The van der Waals surface area contributed by atoms with E-state index in [0.29, 0.717) is 47.4 Å². The molecule has 0 bridgehead atoms. The maximum Gasteiger partial charge on any atom is 0.222 e. The number of carbonyl (C=O) groups excluding carboxylic acids is 2. The molecule has 0 fully saturated rings. The van der Waals surface area contributed by atoms with Crippen molar-refractivity contribution in [2.75, 3.05) is 22.1 Å². The molecule has 260 valence electrons. The van der Waals surface area contributed by atoms with Gasteiger partial charge in [0.1, 0.15) is 28.4 Å². The number of ketones is 2. The number of hydrogen-bond acceptors (Lipinski definition) is 12. The predicted octanol–water partition coefficient (Wildman–Crippen LogP) is 7.20. The summed E-state index contributed by atoms with van der Waals surface area (Å²) in [4.78, 5) is 48.0. The lowest BCUT2D eigenvalue weighted by Gasteiger charge is -2.32. The zero-order valence-electron chi connectivity index (χ0n) is 29.0. The minimum atomic E-state index is -0.472. The van der Waals surface area contributed by atoms with Crippen LogP contribution < -0.4 is 22.1 Å². The smallest absolute Gasteiger partial charge is 0.222 e. The minimum absolute atomic E-state index is 0.0632. The highest BCUT2D eigenvalue weighted by atomic mass is 19.1. The number of pyridine rings is 2. The number of carbonyl (C=O) groups is 2. The lowest BCUT2D eigenvalue weighted by atomic mass is 9.88. The number of unbranched alkanes of at least 4 members (excludes halogenated alkanes) is 4. The molecule has 4 aromatic heterocycles. The van der Waals surface area contributed by atoms with Crippen LogP contribution in [0.5, 0.6) is 0 Å². The highest BCUT2D eigenvalue weighted by Gasteiger charge is 2.26. The molecule has 4 aromatic rings. The van der Waals surface area contributed by atoms with Crippen LogP contribution in [0.1, 0.15) is 112 Å². The molecule has 4 rings (SSSR count). The number of hydrogen-bond donors (Lipinski definition) is 4. The Morgan fingerprint density at radius 1 is 0.833 bits per heavy atom. The molecule has 6 N–H and O–H groups in total. The molecule has 0 unspecified atom stereocenters. The standard InChI is InChI=1S/C19H29N5O.C16H22FN5O/c1-4-5-6-7-11-19(3,12-10-14(2)25)24-17-16-15(9-8-13-21-16)22-18(20)23-17;1-3-4-5-12(7-6-10(2)23)20-15-14-13(21-16(18)22-15)8-11(17)9-19-14/h8-9,13H,4-7,10-12H2,1-3H3,(H3,20,22,23,24);8-9,12H,3-7H2,1-2H3,(H3,18,20,21,22)/t19-;12-/m11/s1. The second-order valence-corrected chi connectivity index (χ2v) is 12.7. The maximum absolute atomic E-state index is 13.3. The van der Waals surface area contributed by atoms with Crippen LogP contribution in [0, 0.1) is 5.82 Å². The van der Waals surface area contributed by atoms with Gasteiger partial charge in [-0.05, 0) is 58.6 Å². The van der Waals surface area contributed by atoms with E-state index in [1.165, 1.54) is 25.3 Å². The second kappa shape index (κ2) is 18.7. The number of nitrogen functional groups attached to an aromatic ring is 2. The molecule has 0 aromatic carbocycles. The molecule has 0 spiro atoms. The quantitative estimate of drug-likeness (QED) is 0.0785. The average Bonchev–Trinajstić information content (AvgIpc) is 3.03. The number of anilines is 4. The van der Waals surface area contributed by atoms with E-state index in [0.717, 1.165) is 50.2 Å². The van der Waals surface area contributed by atoms with E-state index in [9.17, 15) is 14.0 Å². The summed E-state index contributed by atoms with van der Waals surface area (Å²) in [5, 5.41) is 6.83. The van der Waals surface area contributed by atoms with Crippen molar-refractivity contribution in [3.63, 3.8) is 0 Å². The third kappa shape index (κ3) is 12.2. The molecule has 4 heterocycles. The van der Waals surface area contributed by atoms with Crippen LogP contribution in [0.4, 0.5) is 27.9 Å². The highest BCUT2D eigenvalue weighted by molar-refractivity contribution is 5.87. The van der Waals surface area contributed by atoms with E-state index in [2.05, 4.69) is 61.3 Å². The Labute approximate surface area is 282 Å². The molecule has 0 amide bonds. The molecule has 12 nitrogen and oxygen atoms in total. The molecule has 0 aliphatic carbocycles. The molecular formula is C35H51FN10O2. The van der Waals surface area contributed by atoms with Crippen molar-refractivity contribution < 1.29 is 14.0 Å². The fourth-order valence-corrected chi connectivity index (χ4v) is 5.43. The van der Waals surface area contributed by atoms with Gasteiger partial charge >= 0.3 is 0 Å². The van der Waals surface area contributed by atoms with E-state index >= 15 is 0 Å². The van der Waals surface area contributed by atoms with Gasteiger partial charge < -0.3 is 31.7 Å². The first-order valence-electron chi connectivity index (χ1n) is 16.9. The summed E-state index contributed by atoms with van der Waals surface area (Å²) in [6.07, 6.45) is 14.1. The monoisotopic (exact) mass is 662 g/mol. The SMILES string of the molecule is CCCCCC[C@](C)(CCC(C)=O)Nc1nc(N)nc2cccnc12.CCCC[C@H](CCC(C)=O)Nc1nc(N)nc2cc(F)cnc12. The Bertz CT molecular complexity index is 1650. The first-order valence-corrected chi connectivity index (χ1v) is 16.9. The van der Waals surface area contributed by atoms with E-state index < -0.39 is 5.82 Å². The Kier molecular flexibility index (Phi) is 14.8. The van der Waals surface area contributed by atoms with Crippen molar-refractivity contribution in [1.82, 2.24) is 29.9 Å². The van der Waals surface area contributed by atoms with Gasteiger partial charge in [-0.2, -0.15) is 9.97 Å². The van der Waals surface area contributed by atoms with Gasteiger partial charge in [0.25, 0.3) is 0 Å². The maximum atomic E-state index is 13.3. The summed E-state index contributed by atoms with van der Waals surface area (Å²) in [5.74, 6) is 1.30. The van der Waals surface area contributed by atoms with Crippen LogP contribution in [-0.2, 0) is 9.59 Å². The number of nitrogens with one attached hydrogen (secondary N) is 2. The minimum Gasteiger partial charge on any atom is -0.368 e. The molecule has 0 aliphatic heterocycles. The topological polar surface area (TPSA) is 188 Å². The van der Waals surface area contributed by atoms with E-state index in [1.807, 2.05) is 12.1 Å². The number of fused-ring (bicyclic) bond motifs is 2. The fourth-order valence-electron chi connectivity index (χ4n) is 5.43. The van der Waals surface area contributed by atoms with Gasteiger partial charge in [-0.25, -0.2) is 19.3 Å². The average molecular weight is 663 g/mol. The van der Waals surface area contributed by atoms with Crippen molar-refractivity contribution in [2.45, 2.75) is 123 Å². The molecule has 13 heteroatoms.